The largest absolute Gasteiger partial charge is 0.357 e. The third-order valence-electron chi connectivity index (χ3n) is 2.78. The van der Waals surface area contributed by atoms with Gasteiger partial charge in [0.25, 0.3) is 0 Å². The fraction of sp³-hybridized carbons (Fsp3) is 0.462. The van der Waals surface area contributed by atoms with Crippen LogP contribution in [-0.4, -0.2) is 9.97 Å². The van der Waals surface area contributed by atoms with Crippen LogP contribution in [0.5, 0.6) is 0 Å². The topological polar surface area (TPSA) is 28.7 Å². The summed E-state index contributed by atoms with van der Waals surface area (Å²) in [6.07, 6.45) is 1.87. The Balaban J connectivity index is 2.75. The predicted molar refractivity (Wildman–Crippen MR) is 64.3 cm³/mol. The number of H-pyrrole nitrogens is 1. The van der Waals surface area contributed by atoms with Gasteiger partial charge in [-0.1, -0.05) is 27.7 Å². The second kappa shape index (κ2) is 3.69. The zero-order valence-corrected chi connectivity index (χ0v) is 9.83. The molecular weight excluding hydrogens is 184 g/mol. The minimum atomic E-state index is 0.519. The average molecular weight is 202 g/mol. The second-order valence-electron chi connectivity index (χ2n) is 4.66. The van der Waals surface area contributed by atoms with Gasteiger partial charge in [-0.05, 0) is 24.0 Å². The van der Waals surface area contributed by atoms with Gasteiger partial charge in [0.05, 0.1) is 11.0 Å². The lowest BCUT2D eigenvalue weighted by Crippen LogP contribution is -1.96. The van der Waals surface area contributed by atoms with Gasteiger partial charge >= 0.3 is 0 Å². The van der Waals surface area contributed by atoms with Crippen molar-refractivity contribution in [1.82, 2.24) is 9.97 Å². The number of nitrogens with zero attached hydrogens (tertiary/aromatic N) is 1. The lowest BCUT2D eigenvalue weighted by atomic mass is 9.97. The predicted octanol–water partition coefficient (Wildman–Crippen LogP) is 3.81. The second-order valence-corrected chi connectivity index (χ2v) is 4.66. The van der Waals surface area contributed by atoms with Gasteiger partial charge in [0.2, 0.25) is 0 Å². The Labute approximate surface area is 90.7 Å². The molecule has 2 heteroatoms. The van der Waals surface area contributed by atoms with Crippen molar-refractivity contribution in [2.75, 3.05) is 0 Å². The molecule has 15 heavy (non-hydrogen) atoms. The standard InChI is InChI=1S/C13H18N2/c1-8(2)11-12(9(3)4)15-10-6-5-7-14-13(10)11/h5-9,15H,1-4H3. The molecule has 0 amide bonds. The van der Waals surface area contributed by atoms with E-state index in [4.69, 9.17) is 0 Å². The van der Waals surface area contributed by atoms with Crippen molar-refractivity contribution in [3.63, 3.8) is 0 Å². The molecule has 0 saturated heterocycles. The van der Waals surface area contributed by atoms with Gasteiger partial charge in [-0.2, -0.15) is 0 Å². The van der Waals surface area contributed by atoms with E-state index in [0.717, 1.165) is 11.0 Å². The molecular formula is C13H18N2. The Hall–Kier alpha value is -1.31. The van der Waals surface area contributed by atoms with E-state index in [1.54, 1.807) is 0 Å². The Kier molecular flexibility index (Phi) is 2.51. The molecule has 0 atom stereocenters. The maximum Gasteiger partial charge on any atom is 0.0916 e. The Morgan fingerprint density at radius 2 is 1.87 bits per heavy atom. The van der Waals surface area contributed by atoms with Gasteiger partial charge in [-0.25, -0.2) is 0 Å². The van der Waals surface area contributed by atoms with Gasteiger partial charge in [0.1, 0.15) is 0 Å². The Morgan fingerprint density at radius 1 is 1.13 bits per heavy atom. The fourth-order valence-electron chi connectivity index (χ4n) is 2.10. The molecule has 2 nitrogen and oxygen atoms in total. The number of rotatable bonds is 2. The van der Waals surface area contributed by atoms with Crippen molar-refractivity contribution in [1.29, 1.82) is 0 Å². The first-order valence-corrected chi connectivity index (χ1v) is 5.57. The van der Waals surface area contributed by atoms with E-state index in [1.165, 1.54) is 11.3 Å². The lowest BCUT2D eigenvalue weighted by molar-refractivity contribution is 0.777. The molecule has 0 spiro atoms. The zero-order valence-electron chi connectivity index (χ0n) is 9.83. The molecule has 2 rings (SSSR count). The number of aromatic nitrogens is 2. The van der Waals surface area contributed by atoms with Crippen LogP contribution >= 0.6 is 0 Å². The van der Waals surface area contributed by atoms with Crippen molar-refractivity contribution < 1.29 is 0 Å². The molecule has 2 heterocycles. The normalized spacial score (nSPS) is 11.9. The van der Waals surface area contributed by atoms with Crippen LogP contribution in [0.15, 0.2) is 18.3 Å². The van der Waals surface area contributed by atoms with Gasteiger partial charge in [0.15, 0.2) is 0 Å². The fourth-order valence-corrected chi connectivity index (χ4v) is 2.10. The Bertz CT molecular complexity index is 466. The van der Waals surface area contributed by atoms with E-state index in [9.17, 15) is 0 Å². The highest BCUT2D eigenvalue weighted by molar-refractivity contribution is 5.81. The van der Waals surface area contributed by atoms with Crippen LogP contribution in [0, 0.1) is 0 Å². The number of pyridine rings is 1. The third kappa shape index (κ3) is 1.65. The highest BCUT2D eigenvalue weighted by atomic mass is 14.8. The van der Waals surface area contributed by atoms with E-state index in [2.05, 4.69) is 43.7 Å². The lowest BCUT2D eigenvalue weighted by Gasteiger charge is -2.09. The summed E-state index contributed by atoms with van der Waals surface area (Å²) in [5.74, 6) is 1.04. The minimum Gasteiger partial charge on any atom is -0.357 e. The SMILES string of the molecule is CC(C)c1[nH]c2cccnc2c1C(C)C. The summed E-state index contributed by atoms with van der Waals surface area (Å²) in [5, 5.41) is 0. The maximum atomic E-state index is 4.47. The quantitative estimate of drug-likeness (QED) is 0.788. The summed E-state index contributed by atoms with van der Waals surface area (Å²) in [7, 11) is 0. The van der Waals surface area contributed by atoms with Crippen LogP contribution in [0.4, 0.5) is 0 Å². The summed E-state index contributed by atoms with van der Waals surface area (Å²) in [5.41, 5.74) is 5.00. The summed E-state index contributed by atoms with van der Waals surface area (Å²) in [6, 6.07) is 4.08. The van der Waals surface area contributed by atoms with Crippen molar-refractivity contribution in [2.24, 2.45) is 0 Å². The monoisotopic (exact) mass is 202 g/mol. The molecule has 2 aromatic heterocycles. The summed E-state index contributed by atoms with van der Waals surface area (Å²) in [6.45, 7) is 8.89. The molecule has 0 aromatic carbocycles. The van der Waals surface area contributed by atoms with E-state index >= 15 is 0 Å². The molecule has 0 aliphatic rings. The number of fused-ring (bicyclic) bond motifs is 1. The molecule has 0 aliphatic carbocycles. The van der Waals surface area contributed by atoms with Crippen LogP contribution in [0.2, 0.25) is 0 Å². The molecule has 0 radical (unpaired) electrons. The summed E-state index contributed by atoms with van der Waals surface area (Å²) in [4.78, 5) is 7.96. The molecule has 0 bridgehead atoms. The van der Waals surface area contributed by atoms with Crippen molar-refractivity contribution in [2.45, 2.75) is 39.5 Å². The average Bonchev–Trinajstić information content (AvgIpc) is 2.56. The molecule has 2 aromatic rings. The highest BCUT2D eigenvalue weighted by Gasteiger charge is 2.16. The van der Waals surface area contributed by atoms with Crippen LogP contribution < -0.4 is 0 Å². The molecule has 80 valence electrons. The number of hydrogen-bond acceptors (Lipinski definition) is 1. The van der Waals surface area contributed by atoms with Crippen molar-refractivity contribution in [3.8, 4) is 0 Å². The van der Waals surface area contributed by atoms with Crippen LogP contribution in [0.1, 0.15) is 50.8 Å². The number of aromatic amines is 1. The number of nitrogens with one attached hydrogen (secondary N) is 1. The molecule has 0 aliphatic heterocycles. The highest BCUT2D eigenvalue weighted by Crippen LogP contribution is 2.31. The molecule has 0 fully saturated rings. The van der Waals surface area contributed by atoms with Gasteiger partial charge in [-0.15, -0.1) is 0 Å². The van der Waals surface area contributed by atoms with Crippen LogP contribution in [0.3, 0.4) is 0 Å². The first-order valence-electron chi connectivity index (χ1n) is 5.57. The zero-order chi connectivity index (χ0) is 11.0. The first kappa shape index (κ1) is 10.2. The molecule has 0 saturated carbocycles. The Morgan fingerprint density at radius 3 is 2.47 bits per heavy atom. The molecule has 1 N–H and O–H groups in total. The first-order chi connectivity index (χ1) is 7.11. The van der Waals surface area contributed by atoms with Crippen molar-refractivity contribution >= 4 is 11.0 Å². The molecule has 0 unspecified atom stereocenters. The summed E-state index contributed by atoms with van der Waals surface area (Å²) >= 11 is 0. The van der Waals surface area contributed by atoms with E-state index in [0.29, 0.717) is 11.8 Å². The van der Waals surface area contributed by atoms with E-state index in [-0.39, 0.29) is 0 Å². The van der Waals surface area contributed by atoms with Gasteiger partial charge in [-0.3, -0.25) is 4.98 Å². The van der Waals surface area contributed by atoms with Crippen LogP contribution in [-0.2, 0) is 0 Å². The smallest absolute Gasteiger partial charge is 0.0916 e. The maximum absolute atomic E-state index is 4.47. The third-order valence-corrected chi connectivity index (χ3v) is 2.78. The minimum absolute atomic E-state index is 0.519. The van der Waals surface area contributed by atoms with Crippen molar-refractivity contribution in [3.05, 3.63) is 29.6 Å². The van der Waals surface area contributed by atoms with E-state index < -0.39 is 0 Å². The number of hydrogen-bond donors (Lipinski definition) is 1. The summed E-state index contributed by atoms with van der Waals surface area (Å²) < 4.78 is 0. The van der Waals surface area contributed by atoms with Gasteiger partial charge in [0, 0.05) is 17.5 Å². The van der Waals surface area contributed by atoms with Crippen LogP contribution in [0.25, 0.3) is 11.0 Å². The van der Waals surface area contributed by atoms with E-state index in [1.807, 2.05) is 12.3 Å². The van der Waals surface area contributed by atoms with Gasteiger partial charge < -0.3 is 4.98 Å².